The highest BCUT2D eigenvalue weighted by atomic mass is 35.5. The Hall–Kier alpha value is -3.07. The molecule has 1 aliphatic heterocycles. The summed E-state index contributed by atoms with van der Waals surface area (Å²) in [5.41, 5.74) is 0.912. The summed E-state index contributed by atoms with van der Waals surface area (Å²) in [7, 11) is 1.74. The molecule has 1 aromatic heterocycles. The fourth-order valence-corrected chi connectivity index (χ4v) is 3.40. The summed E-state index contributed by atoms with van der Waals surface area (Å²) >= 11 is 6.24. The van der Waals surface area contributed by atoms with E-state index >= 15 is 0 Å². The number of nitro benzene ring substituents is 1. The molecule has 0 radical (unpaired) electrons. The lowest BCUT2D eigenvalue weighted by Gasteiger charge is -2.20. The lowest BCUT2D eigenvalue weighted by Crippen LogP contribution is -2.45. The predicted octanol–water partition coefficient (Wildman–Crippen LogP) is 2.50. The van der Waals surface area contributed by atoms with Gasteiger partial charge in [-0.15, -0.1) is 0 Å². The number of rotatable bonds is 7. The highest BCUT2D eigenvalue weighted by molar-refractivity contribution is 6.32. The van der Waals surface area contributed by atoms with Crippen molar-refractivity contribution in [3.05, 3.63) is 57.7 Å². The minimum absolute atomic E-state index is 0.0795. The van der Waals surface area contributed by atoms with Gasteiger partial charge in [0.05, 0.1) is 9.95 Å². The van der Waals surface area contributed by atoms with Crippen LogP contribution in [0.3, 0.4) is 0 Å². The summed E-state index contributed by atoms with van der Waals surface area (Å²) in [6.07, 6.45) is 2.72. The van der Waals surface area contributed by atoms with Gasteiger partial charge in [0.2, 0.25) is 0 Å². The van der Waals surface area contributed by atoms with Crippen LogP contribution < -0.4 is 20.9 Å². The van der Waals surface area contributed by atoms with Gasteiger partial charge in [0.1, 0.15) is 5.82 Å². The number of nitro groups is 1. The van der Waals surface area contributed by atoms with Gasteiger partial charge in [0.25, 0.3) is 5.69 Å². The van der Waals surface area contributed by atoms with Crippen LogP contribution in [0, 0.1) is 10.1 Å². The van der Waals surface area contributed by atoms with Crippen molar-refractivity contribution in [1.29, 1.82) is 0 Å². The summed E-state index contributed by atoms with van der Waals surface area (Å²) < 4.78 is 0. The molecule has 0 saturated carbocycles. The van der Waals surface area contributed by atoms with E-state index in [2.05, 4.69) is 30.8 Å². The minimum atomic E-state index is -0.410. The first kappa shape index (κ1) is 20.7. The Morgan fingerprint density at radius 1 is 1.34 bits per heavy atom. The van der Waals surface area contributed by atoms with Crippen LogP contribution in [-0.4, -0.2) is 55.1 Å². The predicted molar refractivity (Wildman–Crippen MR) is 116 cm³/mol. The molecule has 0 aliphatic carbocycles. The van der Waals surface area contributed by atoms with E-state index in [1.54, 1.807) is 25.4 Å². The second-order valence-corrected chi connectivity index (χ2v) is 7.02. The molecule has 3 N–H and O–H groups in total. The summed E-state index contributed by atoms with van der Waals surface area (Å²) in [5, 5.41) is 21.3. The third-order valence-electron chi connectivity index (χ3n) is 4.62. The fourth-order valence-electron chi connectivity index (χ4n) is 3.16. The Bertz CT molecular complexity index is 860. The van der Waals surface area contributed by atoms with Crippen molar-refractivity contribution in [2.45, 2.75) is 12.5 Å². The van der Waals surface area contributed by atoms with E-state index in [0.29, 0.717) is 18.1 Å². The average Bonchev–Trinajstić information content (AvgIpc) is 3.19. The maximum Gasteiger partial charge on any atom is 0.269 e. The van der Waals surface area contributed by atoms with Gasteiger partial charge in [0, 0.05) is 63.3 Å². The number of guanidine groups is 1. The van der Waals surface area contributed by atoms with Crippen LogP contribution in [0.4, 0.5) is 17.2 Å². The normalized spacial score (nSPS) is 16.6. The summed E-state index contributed by atoms with van der Waals surface area (Å²) in [4.78, 5) is 21.1. The van der Waals surface area contributed by atoms with Crippen LogP contribution in [0.25, 0.3) is 0 Å². The molecule has 1 atom stereocenters. The number of hydrogen-bond donors (Lipinski definition) is 3. The zero-order valence-electron chi connectivity index (χ0n) is 16.1. The number of benzene rings is 1. The molecule has 0 bridgehead atoms. The van der Waals surface area contributed by atoms with Gasteiger partial charge < -0.3 is 20.9 Å². The average molecular weight is 418 g/mol. The van der Waals surface area contributed by atoms with Gasteiger partial charge in [-0.3, -0.25) is 15.1 Å². The molecule has 0 spiro atoms. The molecule has 1 aromatic carbocycles. The number of aliphatic imine (C=N–C) groups is 1. The van der Waals surface area contributed by atoms with E-state index in [0.717, 1.165) is 37.0 Å². The standard InChI is InChI=1S/C19H24ClN7O2/c1-21-19(24-11-10-22-14-4-6-16(7-5-14)27(28)29)25-15-8-12-26(13-15)18-17(20)3-2-9-23-18/h2-7,9,15,22H,8,10-13H2,1H3,(H2,21,24,25). The Kier molecular flexibility index (Phi) is 7.07. The lowest BCUT2D eigenvalue weighted by atomic mass is 10.3. The zero-order valence-corrected chi connectivity index (χ0v) is 16.9. The van der Waals surface area contributed by atoms with Gasteiger partial charge >= 0.3 is 0 Å². The maximum absolute atomic E-state index is 10.7. The van der Waals surface area contributed by atoms with Crippen molar-refractivity contribution in [2.75, 3.05) is 43.4 Å². The van der Waals surface area contributed by atoms with E-state index in [4.69, 9.17) is 11.6 Å². The zero-order chi connectivity index (χ0) is 20.6. The highest BCUT2D eigenvalue weighted by Crippen LogP contribution is 2.25. The topological polar surface area (TPSA) is 108 Å². The molecule has 1 saturated heterocycles. The number of non-ortho nitro benzene ring substituents is 1. The summed E-state index contributed by atoms with van der Waals surface area (Å²) in [6, 6.07) is 10.3. The number of aromatic nitrogens is 1. The SMILES string of the molecule is CN=C(NCCNc1ccc([N+](=O)[O-])cc1)NC1CCN(c2ncccc2Cl)C1. The first-order valence-electron chi connectivity index (χ1n) is 9.38. The van der Waals surface area contributed by atoms with Gasteiger partial charge in [-0.05, 0) is 30.7 Å². The van der Waals surface area contributed by atoms with E-state index in [9.17, 15) is 10.1 Å². The van der Waals surface area contributed by atoms with Crippen molar-refractivity contribution < 1.29 is 4.92 Å². The largest absolute Gasteiger partial charge is 0.383 e. The first-order valence-corrected chi connectivity index (χ1v) is 9.75. The van der Waals surface area contributed by atoms with E-state index in [1.165, 1.54) is 12.1 Å². The number of nitrogens with zero attached hydrogens (tertiary/aromatic N) is 4. The number of nitrogens with one attached hydrogen (secondary N) is 3. The number of hydrogen-bond acceptors (Lipinski definition) is 6. The molecule has 1 fully saturated rings. The molecule has 0 amide bonds. The van der Waals surface area contributed by atoms with Gasteiger partial charge in [0.15, 0.2) is 5.96 Å². The second kappa shape index (κ2) is 9.92. The Balaban J connectivity index is 1.41. The molecular weight excluding hydrogens is 394 g/mol. The van der Waals surface area contributed by atoms with Gasteiger partial charge in [-0.25, -0.2) is 4.98 Å². The van der Waals surface area contributed by atoms with Crippen LogP contribution in [0.15, 0.2) is 47.6 Å². The molecule has 10 heteroatoms. The Labute approximate surface area is 174 Å². The van der Waals surface area contributed by atoms with Crippen molar-refractivity contribution in [1.82, 2.24) is 15.6 Å². The van der Waals surface area contributed by atoms with E-state index in [-0.39, 0.29) is 11.7 Å². The molecular formula is C19H24ClN7O2. The number of anilines is 2. The monoisotopic (exact) mass is 417 g/mol. The lowest BCUT2D eigenvalue weighted by molar-refractivity contribution is -0.384. The van der Waals surface area contributed by atoms with Crippen molar-refractivity contribution in [3.8, 4) is 0 Å². The second-order valence-electron chi connectivity index (χ2n) is 6.61. The van der Waals surface area contributed by atoms with Crippen molar-refractivity contribution in [3.63, 3.8) is 0 Å². The van der Waals surface area contributed by atoms with Crippen LogP contribution in [0.2, 0.25) is 5.02 Å². The summed E-state index contributed by atoms with van der Waals surface area (Å²) in [6.45, 7) is 2.99. The number of pyridine rings is 1. The third kappa shape index (κ3) is 5.71. The third-order valence-corrected chi connectivity index (χ3v) is 4.91. The molecule has 2 heterocycles. The van der Waals surface area contributed by atoms with Crippen molar-refractivity contribution >= 4 is 34.8 Å². The quantitative estimate of drug-likeness (QED) is 0.209. The summed E-state index contributed by atoms with van der Waals surface area (Å²) in [5.74, 6) is 1.54. The maximum atomic E-state index is 10.7. The first-order chi connectivity index (χ1) is 14.1. The number of halogens is 1. The molecule has 154 valence electrons. The van der Waals surface area contributed by atoms with Gasteiger partial charge in [-0.1, -0.05) is 11.6 Å². The molecule has 29 heavy (non-hydrogen) atoms. The molecule has 9 nitrogen and oxygen atoms in total. The van der Waals surface area contributed by atoms with Crippen LogP contribution in [0.5, 0.6) is 0 Å². The Morgan fingerprint density at radius 3 is 2.83 bits per heavy atom. The fraction of sp³-hybridized carbons (Fsp3) is 0.368. The molecule has 2 aromatic rings. The minimum Gasteiger partial charge on any atom is -0.383 e. The van der Waals surface area contributed by atoms with E-state index < -0.39 is 4.92 Å². The van der Waals surface area contributed by atoms with Crippen LogP contribution in [-0.2, 0) is 0 Å². The molecule has 3 rings (SSSR count). The van der Waals surface area contributed by atoms with Gasteiger partial charge in [-0.2, -0.15) is 0 Å². The van der Waals surface area contributed by atoms with Crippen LogP contribution >= 0.6 is 11.6 Å². The molecule has 1 unspecified atom stereocenters. The smallest absolute Gasteiger partial charge is 0.269 e. The van der Waals surface area contributed by atoms with Crippen molar-refractivity contribution in [2.24, 2.45) is 4.99 Å². The van der Waals surface area contributed by atoms with Crippen LogP contribution in [0.1, 0.15) is 6.42 Å². The highest BCUT2D eigenvalue weighted by Gasteiger charge is 2.25. The molecule has 1 aliphatic rings. The Morgan fingerprint density at radius 2 is 2.14 bits per heavy atom. The van der Waals surface area contributed by atoms with E-state index in [1.807, 2.05) is 12.1 Å².